The summed E-state index contributed by atoms with van der Waals surface area (Å²) >= 11 is 0. The Bertz CT molecular complexity index is 873. The number of ether oxygens (including phenoxy) is 1. The molecule has 1 aliphatic carbocycles. The Morgan fingerprint density at radius 3 is 2.23 bits per heavy atom. The number of aryl methyl sites for hydroxylation is 1. The smallest absolute Gasteiger partial charge is 0.119 e. The number of nitrogens with zero attached hydrogens (tertiary/aromatic N) is 2. The summed E-state index contributed by atoms with van der Waals surface area (Å²) in [6.45, 7) is 5.25. The van der Waals surface area contributed by atoms with Gasteiger partial charge in [-0.1, -0.05) is 71.3 Å². The van der Waals surface area contributed by atoms with E-state index in [0.29, 0.717) is 5.92 Å². The second kappa shape index (κ2) is 14.9. The van der Waals surface area contributed by atoms with Crippen LogP contribution in [0.2, 0.25) is 0 Å². The lowest BCUT2D eigenvalue weighted by atomic mass is 9.69. The number of unbranched alkanes of at least 4 members (excludes halogenated alkanes) is 7. The van der Waals surface area contributed by atoms with Crippen molar-refractivity contribution < 1.29 is 4.74 Å². The second-order valence-electron chi connectivity index (χ2n) is 10.7. The molecular formula is C32H46N2O. The Kier molecular flexibility index (Phi) is 11.6. The van der Waals surface area contributed by atoms with Crippen LogP contribution in [0.15, 0.2) is 42.6 Å². The van der Waals surface area contributed by atoms with E-state index in [1.165, 1.54) is 63.4 Å². The average Bonchev–Trinajstić information content (AvgIpc) is 2.91. The van der Waals surface area contributed by atoms with Crippen molar-refractivity contribution in [3.63, 3.8) is 0 Å². The molecule has 0 unspecified atom stereocenters. The first-order valence-electron chi connectivity index (χ1n) is 14.3. The minimum atomic E-state index is -0.0819. The third-order valence-electron chi connectivity index (χ3n) is 7.84. The predicted octanol–water partition coefficient (Wildman–Crippen LogP) is 9.31. The van der Waals surface area contributed by atoms with Crippen LogP contribution in [0.1, 0.15) is 109 Å². The molecule has 3 rings (SSSR count). The molecule has 1 saturated carbocycles. The van der Waals surface area contributed by atoms with E-state index in [2.05, 4.69) is 61.3 Å². The van der Waals surface area contributed by atoms with Crippen LogP contribution in [0.25, 0.3) is 11.3 Å². The number of benzene rings is 1. The molecule has 0 spiro atoms. The number of hydrogen-bond acceptors (Lipinski definition) is 3. The molecule has 1 fully saturated rings. The Labute approximate surface area is 214 Å². The van der Waals surface area contributed by atoms with E-state index in [9.17, 15) is 5.26 Å². The molecule has 0 bridgehead atoms. The summed E-state index contributed by atoms with van der Waals surface area (Å²) < 4.78 is 6.14. The van der Waals surface area contributed by atoms with Gasteiger partial charge in [-0.15, -0.1) is 0 Å². The van der Waals surface area contributed by atoms with Crippen molar-refractivity contribution in [2.75, 3.05) is 6.61 Å². The van der Waals surface area contributed by atoms with Gasteiger partial charge in [0.2, 0.25) is 0 Å². The standard InChI is InChI=1S/C32H46N2O/c1-3-5-7-8-9-11-21-32(26-33)22-19-28(20-23-32)25-35-30-16-14-29(15-17-30)31-18-13-27(24-34-31)12-10-6-4-2/h13-18,24,28H,3-12,19-23,25H2,1-2H3/t28-,32-. The zero-order valence-corrected chi connectivity index (χ0v) is 22.2. The highest BCUT2D eigenvalue weighted by atomic mass is 16.5. The van der Waals surface area contributed by atoms with Gasteiger partial charge in [0.05, 0.1) is 23.8 Å². The third-order valence-corrected chi connectivity index (χ3v) is 7.84. The van der Waals surface area contributed by atoms with Crippen molar-refractivity contribution in [3.8, 4) is 23.1 Å². The van der Waals surface area contributed by atoms with E-state index in [1.807, 2.05) is 6.20 Å². The van der Waals surface area contributed by atoms with Crippen LogP contribution in [0.3, 0.4) is 0 Å². The lowest BCUT2D eigenvalue weighted by Gasteiger charge is -2.35. The van der Waals surface area contributed by atoms with Crippen molar-refractivity contribution in [3.05, 3.63) is 48.2 Å². The molecule has 0 amide bonds. The zero-order chi connectivity index (χ0) is 24.8. The Balaban J connectivity index is 1.39. The van der Waals surface area contributed by atoms with Crippen molar-refractivity contribution in [1.82, 2.24) is 4.98 Å². The summed E-state index contributed by atoms with van der Waals surface area (Å²) in [6.07, 6.45) is 20.1. The van der Waals surface area contributed by atoms with Crippen LogP contribution in [-0.2, 0) is 6.42 Å². The molecule has 0 atom stereocenters. The van der Waals surface area contributed by atoms with Crippen molar-refractivity contribution in [2.45, 2.75) is 110 Å². The van der Waals surface area contributed by atoms with Gasteiger partial charge < -0.3 is 4.74 Å². The van der Waals surface area contributed by atoms with Crippen LogP contribution in [0.5, 0.6) is 5.75 Å². The Morgan fingerprint density at radius 2 is 1.57 bits per heavy atom. The minimum absolute atomic E-state index is 0.0819. The minimum Gasteiger partial charge on any atom is -0.493 e. The van der Waals surface area contributed by atoms with Gasteiger partial charge in [0.1, 0.15) is 5.75 Å². The molecule has 3 heteroatoms. The van der Waals surface area contributed by atoms with Crippen molar-refractivity contribution in [2.24, 2.45) is 11.3 Å². The second-order valence-corrected chi connectivity index (χ2v) is 10.7. The molecule has 190 valence electrons. The Morgan fingerprint density at radius 1 is 0.886 bits per heavy atom. The van der Waals surface area contributed by atoms with Crippen molar-refractivity contribution in [1.29, 1.82) is 5.26 Å². The molecule has 1 aromatic heterocycles. The van der Waals surface area contributed by atoms with Gasteiger partial charge in [0, 0.05) is 11.8 Å². The fourth-order valence-electron chi connectivity index (χ4n) is 5.32. The van der Waals surface area contributed by atoms with Gasteiger partial charge >= 0.3 is 0 Å². The predicted molar refractivity (Wildman–Crippen MR) is 146 cm³/mol. The molecule has 1 heterocycles. The van der Waals surface area contributed by atoms with Gasteiger partial charge in [-0.05, 0) is 86.8 Å². The molecule has 2 aromatic rings. The summed E-state index contributed by atoms with van der Waals surface area (Å²) in [5.74, 6) is 1.48. The summed E-state index contributed by atoms with van der Waals surface area (Å²) in [5, 5.41) is 9.87. The lowest BCUT2D eigenvalue weighted by Crippen LogP contribution is -2.28. The molecule has 0 radical (unpaired) electrons. The molecular weight excluding hydrogens is 428 g/mol. The first-order chi connectivity index (χ1) is 17.2. The number of aromatic nitrogens is 1. The van der Waals surface area contributed by atoms with E-state index >= 15 is 0 Å². The van der Waals surface area contributed by atoms with E-state index in [4.69, 9.17) is 4.74 Å². The molecule has 1 aliphatic rings. The highest BCUT2D eigenvalue weighted by Gasteiger charge is 2.35. The summed E-state index contributed by atoms with van der Waals surface area (Å²) in [5.41, 5.74) is 3.38. The van der Waals surface area contributed by atoms with Gasteiger partial charge in [0.15, 0.2) is 0 Å². The number of hydrogen-bond donors (Lipinski definition) is 0. The van der Waals surface area contributed by atoms with Gasteiger partial charge in [0.25, 0.3) is 0 Å². The maximum absolute atomic E-state index is 9.87. The SMILES string of the molecule is CCCCCCCC[C@]1(C#N)CC[C@H](COc2ccc(-c3ccc(CCCCC)cn3)cc2)CC1. The zero-order valence-electron chi connectivity index (χ0n) is 22.2. The molecule has 35 heavy (non-hydrogen) atoms. The van der Waals surface area contributed by atoms with E-state index in [1.54, 1.807) is 0 Å². The third kappa shape index (κ3) is 8.99. The molecule has 0 N–H and O–H groups in total. The molecule has 3 nitrogen and oxygen atoms in total. The van der Waals surface area contributed by atoms with Gasteiger partial charge in [-0.3, -0.25) is 4.98 Å². The van der Waals surface area contributed by atoms with Crippen LogP contribution < -0.4 is 4.74 Å². The van der Waals surface area contributed by atoms with Crippen LogP contribution in [0.4, 0.5) is 0 Å². The summed E-state index contributed by atoms with van der Waals surface area (Å²) in [6, 6.07) is 15.4. The fraction of sp³-hybridized carbons (Fsp3) is 0.625. The quantitative estimate of drug-likeness (QED) is 0.242. The molecule has 0 aliphatic heterocycles. The number of rotatable bonds is 15. The number of pyridine rings is 1. The maximum atomic E-state index is 9.87. The van der Waals surface area contributed by atoms with Gasteiger partial charge in [-0.25, -0.2) is 0 Å². The molecule has 0 saturated heterocycles. The van der Waals surface area contributed by atoms with Gasteiger partial charge in [-0.2, -0.15) is 5.26 Å². The Hall–Kier alpha value is -2.34. The van der Waals surface area contributed by atoms with E-state index in [0.717, 1.165) is 62.1 Å². The summed E-state index contributed by atoms with van der Waals surface area (Å²) in [7, 11) is 0. The lowest BCUT2D eigenvalue weighted by molar-refractivity contribution is 0.144. The monoisotopic (exact) mass is 474 g/mol. The highest BCUT2D eigenvalue weighted by molar-refractivity contribution is 5.60. The fourth-order valence-corrected chi connectivity index (χ4v) is 5.32. The number of nitriles is 1. The first-order valence-corrected chi connectivity index (χ1v) is 14.3. The van der Waals surface area contributed by atoms with Crippen molar-refractivity contribution >= 4 is 0 Å². The highest BCUT2D eigenvalue weighted by Crippen LogP contribution is 2.42. The van der Waals surface area contributed by atoms with Crippen LogP contribution in [-0.4, -0.2) is 11.6 Å². The largest absolute Gasteiger partial charge is 0.493 e. The summed E-state index contributed by atoms with van der Waals surface area (Å²) in [4.78, 5) is 4.67. The van der Waals surface area contributed by atoms with Crippen LogP contribution in [0, 0.1) is 22.7 Å². The molecule has 1 aromatic carbocycles. The van der Waals surface area contributed by atoms with E-state index < -0.39 is 0 Å². The average molecular weight is 475 g/mol. The maximum Gasteiger partial charge on any atom is 0.119 e. The van der Waals surface area contributed by atoms with Crippen LogP contribution >= 0.6 is 0 Å². The first kappa shape index (κ1) is 27.3. The normalized spacial score (nSPS) is 19.9. The topological polar surface area (TPSA) is 45.9 Å². The van der Waals surface area contributed by atoms with E-state index in [-0.39, 0.29) is 5.41 Å².